The highest BCUT2D eigenvalue weighted by atomic mass is 35.5. The minimum atomic E-state index is -0.693. The summed E-state index contributed by atoms with van der Waals surface area (Å²) in [6, 6.07) is 10.1. The Kier molecular flexibility index (Phi) is 9.53. The van der Waals surface area contributed by atoms with Gasteiger partial charge in [0.2, 0.25) is 0 Å². The van der Waals surface area contributed by atoms with Crippen LogP contribution in [-0.4, -0.2) is 47.9 Å². The van der Waals surface area contributed by atoms with Crippen LogP contribution in [0.4, 0.5) is 0 Å². The zero-order chi connectivity index (χ0) is 17.4. The molecule has 1 aromatic rings. The van der Waals surface area contributed by atoms with Crippen molar-refractivity contribution in [3.63, 3.8) is 0 Å². The van der Waals surface area contributed by atoms with E-state index in [-0.39, 0.29) is 18.3 Å². The van der Waals surface area contributed by atoms with E-state index < -0.39 is 5.97 Å². The molecule has 5 nitrogen and oxygen atoms in total. The summed E-state index contributed by atoms with van der Waals surface area (Å²) in [4.78, 5) is 18.8. The summed E-state index contributed by atoms with van der Waals surface area (Å²) < 4.78 is 0. The number of nitrogens with zero attached hydrogens (tertiary/aromatic N) is 2. The molecular weight excluding hydrogens is 340 g/mol. The first-order valence-electron chi connectivity index (χ1n) is 8.75. The first-order valence-corrected chi connectivity index (χ1v) is 8.75. The van der Waals surface area contributed by atoms with Crippen LogP contribution in [0.25, 0.3) is 0 Å². The van der Waals surface area contributed by atoms with Crippen molar-refractivity contribution < 1.29 is 14.7 Å². The second-order valence-corrected chi connectivity index (χ2v) is 6.81. The number of halogens is 1. The van der Waals surface area contributed by atoms with Crippen molar-refractivity contribution in [2.75, 3.05) is 26.2 Å². The van der Waals surface area contributed by atoms with Crippen LogP contribution in [0.15, 0.2) is 35.5 Å². The van der Waals surface area contributed by atoms with Crippen molar-refractivity contribution in [1.29, 1.82) is 0 Å². The third-order valence-electron chi connectivity index (χ3n) is 4.24. The topological polar surface area (TPSA) is 62.1 Å². The van der Waals surface area contributed by atoms with Crippen LogP contribution in [0, 0.1) is 11.8 Å². The molecule has 25 heavy (non-hydrogen) atoms. The largest absolute Gasteiger partial charge is 0.481 e. The summed E-state index contributed by atoms with van der Waals surface area (Å²) in [6.45, 7) is 7.09. The third kappa shape index (κ3) is 7.45. The molecule has 1 aliphatic rings. The summed E-state index contributed by atoms with van der Waals surface area (Å²) in [5.74, 6) is -0.434. The lowest BCUT2D eigenvalue weighted by molar-refractivity contribution is -0.143. The number of rotatable bonds is 8. The zero-order valence-electron chi connectivity index (χ0n) is 15.1. The summed E-state index contributed by atoms with van der Waals surface area (Å²) in [7, 11) is 0. The van der Waals surface area contributed by atoms with Gasteiger partial charge in [-0.3, -0.25) is 9.69 Å². The van der Waals surface area contributed by atoms with Gasteiger partial charge in [0.15, 0.2) is 0 Å². The van der Waals surface area contributed by atoms with Gasteiger partial charge in [0, 0.05) is 13.1 Å². The van der Waals surface area contributed by atoms with Gasteiger partial charge in [0.05, 0.1) is 11.6 Å². The Bertz CT molecular complexity index is 549. The van der Waals surface area contributed by atoms with Gasteiger partial charge in [-0.25, -0.2) is 0 Å². The number of hydrogen-bond donors (Lipinski definition) is 1. The number of oxime groups is 1. The number of piperidine rings is 1. The summed E-state index contributed by atoms with van der Waals surface area (Å²) >= 11 is 0. The van der Waals surface area contributed by atoms with Crippen molar-refractivity contribution in [3.05, 3.63) is 35.9 Å². The van der Waals surface area contributed by atoms with Gasteiger partial charge in [0.25, 0.3) is 0 Å². The lowest BCUT2D eigenvalue weighted by Gasteiger charge is -2.30. The second kappa shape index (κ2) is 11.1. The molecule has 1 fully saturated rings. The molecule has 0 aliphatic carbocycles. The molecule has 1 aliphatic heterocycles. The van der Waals surface area contributed by atoms with Crippen LogP contribution in [-0.2, 0) is 9.63 Å². The minimum absolute atomic E-state index is 0. The highest BCUT2D eigenvalue weighted by Gasteiger charge is 2.24. The Morgan fingerprint density at radius 3 is 2.72 bits per heavy atom. The van der Waals surface area contributed by atoms with Gasteiger partial charge in [-0.15, -0.1) is 12.4 Å². The molecule has 140 valence electrons. The first-order chi connectivity index (χ1) is 11.6. The third-order valence-corrected chi connectivity index (χ3v) is 4.24. The van der Waals surface area contributed by atoms with Crippen molar-refractivity contribution in [1.82, 2.24) is 4.90 Å². The van der Waals surface area contributed by atoms with Crippen LogP contribution < -0.4 is 0 Å². The van der Waals surface area contributed by atoms with Gasteiger partial charge in [-0.05, 0) is 37.3 Å². The van der Waals surface area contributed by atoms with Gasteiger partial charge in [-0.2, -0.15) is 0 Å². The molecule has 1 N–H and O–H groups in total. The van der Waals surface area contributed by atoms with E-state index in [9.17, 15) is 4.79 Å². The maximum atomic E-state index is 11.1. The van der Waals surface area contributed by atoms with E-state index in [1.807, 2.05) is 30.3 Å². The maximum absolute atomic E-state index is 11.1. The number of carbonyl (C=O) groups is 1. The average molecular weight is 369 g/mol. The molecule has 0 saturated carbocycles. The fourth-order valence-electron chi connectivity index (χ4n) is 2.98. The Labute approximate surface area is 156 Å². The monoisotopic (exact) mass is 368 g/mol. The quantitative estimate of drug-likeness (QED) is 0.432. The predicted octanol–water partition coefficient (Wildman–Crippen LogP) is 3.67. The number of likely N-dealkylation sites (tertiary alicyclic amines) is 1. The molecule has 1 heterocycles. The summed E-state index contributed by atoms with van der Waals surface area (Å²) in [6.07, 6.45) is 2.58. The molecule has 1 saturated heterocycles. The van der Waals surface area contributed by atoms with Crippen LogP contribution >= 0.6 is 12.4 Å². The number of carboxylic acids is 1. The van der Waals surface area contributed by atoms with E-state index in [0.717, 1.165) is 43.6 Å². The van der Waals surface area contributed by atoms with Gasteiger partial charge in [0.1, 0.15) is 6.61 Å². The average Bonchev–Trinajstić information content (AvgIpc) is 2.58. The smallest absolute Gasteiger partial charge is 0.307 e. The molecular formula is C19H29ClN2O3. The molecule has 1 unspecified atom stereocenters. The number of hydrogen-bond acceptors (Lipinski definition) is 4. The Balaban J connectivity index is 0.00000312. The molecule has 2 rings (SSSR count). The van der Waals surface area contributed by atoms with E-state index >= 15 is 0 Å². The molecule has 0 radical (unpaired) electrons. The van der Waals surface area contributed by atoms with E-state index in [2.05, 4.69) is 23.9 Å². The van der Waals surface area contributed by atoms with E-state index in [0.29, 0.717) is 19.1 Å². The SMILES string of the molecule is CC(C)CC(=NOCCN1CCCC(C(=O)O)C1)c1ccccc1.Cl. The van der Waals surface area contributed by atoms with Crippen molar-refractivity contribution in [3.8, 4) is 0 Å². The predicted molar refractivity (Wildman–Crippen MR) is 102 cm³/mol. The molecule has 1 aromatic carbocycles. The van der Waals surface area contributed by atoms with Crippen LogP contribution in [0.3, 0.4) is 0 Å². The van der Waals surface area contributed by atoms with Crippen molar-refractivity contribution in [2.45, 2.75) is 33.1 Å². The standard InChI is InChI=1S/C19H28N2O3.ClH/c1-15(2)13-18(16-7-4-3-5-8-16)20-24-12-11-21-10-6-9-17(14-21)19(22)23;/h3-5,7-8,15,17H,6,9-14H2,1-2H3,(H,22,23);1H. The number of aliphatic carboxylic acids is 1. The minimum Gasteiger partial charge on any atom is -0.481 e. The van der Waals surface area contributed by atoms with E-state index in [1.54, 1.807) is 0 Å². The molecule has 1 atom stereocenters. The highest BCUT2D eigenvalue weighted by Crippen LogP contribution is 2.16. The Hall–Kier alpha value is -1.59. The van der Waals surface area contributed by atoms with Crippen LogP contribution in [0.1, 0.15) is 38.7 Å². The fourth-order valence-corrected chi connectivity index (χ4v) is 2.98. The molecule has 0 spiro atoms. The van der Waals surface area contributed by atoms with Gasteiger partial charge in [-0.1, -0.05) is 49.3 Å². The lowest BCUT2D eigenvalue weighted by Crippen LogP contribution is -2.40. The maximum Gasteiger partial charge on any atom is 0.307 e. The number of carboxylic acid groups (broad SMARTS) is 1. The molecule has 0 aromatic heterocycles. The van der Waals surface area contributed by atoms with E-state index in [1.165, 1.54) is 0 Å². The molecule has 6 heteroatoms. The normalized spacial score (nSPS) is 18.7. The summed E-state index contributed by atoms with van der Waals surface area (Å²) in [5.41, 5.74) is 2.06. The lowest BCUT2D eigenvalue weighted by atomic mass is 9.98. The van der Waals surface area contributed by atoms with Crippen molar-refractivity contribution in [2.24, 2.45) is 17.0 Å². The zero-order valence-corrected chi connectivity index (χ0v) is 15.9. The summed E-state index contributed by atoms with van der Waals surface area (Å²) in [5, 5.41) is 13.5. The van der Waals surface area contributed by atoms with Crippen LogP contribution in [0.5, 0.6) is 0 Å². The van der Waals surface area contributed by atoms with Crippen LogP contribution in [0.2, 0.25) is 0 Å². The number of benzene rings is 1. The van der Waals surface area contributed by atoms with E-state index in [4.69, 9.17) is 9.94 Å². The molecule has 0 amide bonds. The first kappa shape index (κ1) is 21.5. The second-order valence-electron chi connectivity index (χ2n) is 6.81. The van der Waals surface area contributed by atoms with Gasteiger partial charge < -0.3 is 9.94 Å². The highest BCUT2D eigenvalue weighted by molar-refractivity contribution is 6.00. The Morgan fingerprint density at radius 2 is 2.08 bits per heavy atom. The molecule has 0 bridgehead atoms. The van der Waals surface area contributed by atoms with Gasteiger partial charge >= 0.3 is 5.97 Å². The van der Waals surface area contributed by atoms with Crippen molar-refractivity contribution >= 4 is 24.1 Å². The Morgan fingerprint density at radius 1 is 1.36 bits per heavy atom. The fraction of sp³-hybridized carbons (Fsp3) is 0.579.